The molecule has 4 nitrogen and oxygen atoms in total. The molecular formula is C19H16ClF2NO3. The lowest BCUT2D eigenvalue weighted by Crippen LogP contribution is -2.31. The van der Waals surface area contributed by atoms with Gasteiger partial charge in [0.2, 0.25) is 5.91 Å². The summed E-state index contributed by atoms with van der Waals surface area (Å²) < 4.78 is 26.4. The maximum absolute atomic E-state index is 13.4. The van der Waals surface area contributed by atoms with Gasteiger partial charge in [-0.2, -0.15) is 0 Å². The van der Waals surface area contributed by atoms with E-state index in [1.165, 1.54) is 6.07 Å². The topological polar surface area (TPSA) is 66.4 Å². The first-order valence-electron chi connectivity index (χ1n) is 8.07. The van der Waals surface area contributed by atoms with Crippen molar-refractivity contribution >= 4 is 23.5 Å². The molecule has 7 heteroatoms. The fraction of sp³-hybridized carbons (Fsp3) is 0.263. The van der Waals surface area contributed by atoms with Gasteiger partial charge >= 0.3 is 5.97 Å². The molecule has 0 radical (unpaired) electrons. The van der Waals surface area contributed by atoms with E-state index >= 15 is 0 Å². The molecule has 26 heavy (non-hydrogen) atoms. The third-order valence-electron chi connectivity index (χ3n) is 4.47. The molecule has 1 aliphatic rings. The average Bonchev–Trinajstić information content (AvgIpc) is 3.38. The Morgan fingerprint density at radius 3 is 2.46 bits per heavy atom. The van der Waals surface area contributed by atoms with Crippen molar-refractivity contribution in [2.75, 3.05) is 0 Å². The van der Waals surface area contributed by atoms with E-state index in [0.717, 1.165) is 12.1 Å². The average molecular weight is 380 g/mol. The summed E-state index contributed by atoms with van der Waals surface area (Å²) in [6, 6.07) is 9.48. The van der Waals surface area contributed by atoms with Crippen molar-refractivity contribution in [3.05, 3.63) is 70.2 Å². The maximum atomic E-state index is 13.4. The largest absolute Gasteiger partial charge is 0.481 e. The van der Waals surface area contributed by atoms with E-state index in [-0.39, 0.29) is 24.2 Å². The van der Waals surface area contributed by atoms with Crippen LogP contribution in [-0.2, 0) is 9.59 Å². The molecule has 0 bridgehead atoms. The Morgan fingerprint density at radius 1 is 1.15 bits per heavy atom. The van der Waals surface area contributed by atoms with Crippen LogP contribution in [0.2, 0.25) is 5.02 Å². The second-order valence-corrected chi connectivity index (χ2v) is 6.77. The molecular weight excluding hydrogens is 364 g/mol. The van der Waals surface area contributed by atoms with Gasteiger partial charge in [0.1, 0.15) is 0 Å². The van der Waals surface area contributed by atoms with E-state index in [4.69, 9.17) is 16.7 Å². The summed E-state index contributed by atoms with van der Waals surface area (Å²) in [6.45, 7) is 0. The van der Waals surface area contributed by atoms with Crippen LogP contribution in [0.4, 0.5) is 8.78 Å². The molecule has 2 aromatic rings. The van der Waals surface area contributed by atoms with Gasteiger partial charge in [0.05, 0.1) is 12.5 Å². The molecule has 3 atom stereocenters. The minimum atomic E-state index is -1.04. The predicted molar refractivity (Wildman–Crippen MR) is 91.8 cm³/mol. The number of hydrogen-bond acceptors (Lipinski definition) is 2. The Morgan fingerprint density at radius 2 is 1.85 bits per heavy atom. The summed E-state index contributed by atoms with van der Waals surface area (Å²) in [5, 5.41) is 12.3. The minimum Gasteiger partial charge on any atom is -0.481 e. The van der Waals surface area contributed by atoms with E-state index in [1.54, 1.807) is 24.3 Å². The number of hydrogen-bond donors (Lipinski definition) is 2. The smallest absolute Gasteiger partial charge is 0.305 e. The quantitative estimate of drug-likeness (QED) is 0.795. The van der Waals surface area contributed by atoms with E-state index in [9.17, 15) is 18.4 Å². The normalized spacial score (nSPS) is 19.7. The fourth-order valence-corrected chi connectivity index (χ4v) is 3.12. The lowest BCUT2D eigenvalue weighted by Gasteiger charge is -2.17. The van der Waals surface area contributed by atoms with Gasteiger partial charge in [-0.1, -0.05) is 29.8 Å². The molecule has 1 aliphatic carbocycles. The van der Waals surface area contributed by atoms with Crippen LogP contribution in [-0.4, -0.2) is 17.0 Å². The van der Waals surface area contributed by atoms with E-state index < -0.39 is 23.6 Å². The highest BCUT2D eigenvalue weighted by Crippen LogP contribution is 2.48. The van der Waals surface area contributed by atoms with Gasteiger partial charge < -0.3 is 10.4 Å². The zero-order valence-corrected chi connectivity index (χ0v) is 14.3. The van der Waals surface area contributed by atoms with Crippen LogP contribution in [0.25, 0.3) is 0 Å². The number of carboxylic acids is 1. The first-order valence-corrected chi connectivity index (χ1v) is 8.45. The first-order chi connectivity index (χ1) is 12.3. The number of carbonyl (C=O) groups is 2. The van der Waals surface area contributed by atoms with Gasteiger partial charge in [-0.15, -0.1) is 0 Å². The van der Waals surface area contributed by atoms with Crippen molar-refractivity contribution in [3.63, 3.8) is 0 Å². The van der Waals surface area contributed by atoms with Crippen molar-refractivity contribution in [1.29, 1.82) is 0 Å². The number of amides is 1. The third-order valence-corrected chi connectivity index (χ3v) is 4.72. The lowest BCUT2D eigenvalue weighted by atomic mass is 10.0. The molecule has 1 saturated carbocycles. The molecule has 0 aliphatic heterocycles. The Bertz CT molecular complexity index is 841. The standard InChI is InChI=1S/C19H16ClF2NO3/c20-12-4-1-10(2-5-12)17(9-18(24)25)23-19(26)14-8-13(14)11-3-6-15(21)16(22)7-11/h1-7,13-14,17H,8-9H2,(H,23,26)(H,24,25)/t13?,14?,17-/m0/s1. The SMILES string of the molecule is O=C(O)C[C@H](NC(=O)C1CC1c1ccc(F)c(F)c1)c1ccc(Cl)cc1. The number of carboxylic acid groups (broad SMARTS) is 1. The van der Waals surface area contributed by atoms with Gasteiger partial charge in [0, 0.05) is 10.9 Å². The molecule has 0 spiro atoms. The highest BCUT2D eigenvalue weighted by atomic mass is 35.5. The van der Waals surface area contributed by atoms with Gasteiger partial charge in [-0.05, 0) is 47.7 Å². The summed E-state index contributed by atoms with van der Waals surface area (Å²) >= 11 is 5.84. The molecule has 0 saturated heterocycles. The maximum Gasteiger partial charge on any atom is 0.305 e. The summed E-state index contributed by atoms with van der Waals surface area (Å²) in [4.78, 5) is 23.6. The molecule has 1 amide bonds. The van der Waals surface area contributed by atoms with Crippen LogP contribution in [0.3, 0.4) is 0 Å². The lowest BCUT2D eigenvalue weighted by molar-refractivity contribution is -0.137. The van der Waals surface area contributed by atoms with Crippen molar-refractivity contribution in [2.24, 2.45) is 5.92 Å². The minimum absolute atomic E-state index is 0.194. The summed E-state index contributed by atoms with van der Waals surface area (Å²) in [6.07, 6.45) is 0.243. The second-order valence-electron chi connectivity index (χ2n) is 6.33. The van der Waals surface area contributed by atoms with Crippen molar-refractivity contribution in [3.8, 4) is 0 Å². The van der Waals surface area contributed by atoms with E-state index in [0.29, 0.717) is 22.6 Å². The van der Waals surface area contributed by atoms with Crippen LogP contribution >= 0.6 is 11.6 Å². The molecule has 3 rings (SSSR count). The molecule has 2 aromatic carbocycles. The first kappa shape index (κ1) is 18.3. The fourth-order valence-electron chi connectivity index (χ4n) is 3.00. The molecule has 2 unspecified atom stereocenters. The number of benzene rings is 2. The summed E-state index contributed by atoms with van der Waals surface area (Å²) in [5.74, 6) is -3.80. The van der Waals surface area contributed by atoms with E-state index in [2.05, 4.69) is 5.32 Å². The number of aliphatic carboxylic acids is 1. The third kappa shape index (κ3) is 4.19. The van der Waals surface area contributed by atoms with Crippen molar-refractivity contribution in [1.82, 2.24) is 5.32 Å². The van der Waals surface area contributed by atoms with Crippen molar-refractivity contribution < 1.29 is 23.5 Å². The zero-order chi connectivity index (χ0) is 18.8. The number of carbonyl (C=O) groups excluding carboxylic acids is 1. The van der Waals surface area contributed by atoms with Crippen LogP contribution in [0.5, 0.6) is 0 Å². The van der Waals surface area contributed by atoms with Crippen LogP contribution in [0.15, 0.2) is 42.5 Å². The molecule has 136 valence electrons. The molecule has 0 aromatic heterocycles. The van der Waals surface area contributed by atoms with Crippen molar-refractivity contribution in [2.45, 2.75) is 24.8 Å². The Labute approximate surface area is 153 Å². The zero-order valence-electron chi connectivity index (χ0n) is 13.6. The molecule has 0 heterocycles. The summed E-state index contributed by atoms with van der Waals surface area (Å²) in [7, 11) is 0. The van der Waals surface area contributed by atoms with Gasteiger partial charge in [0.25, 0.3) is 0 Å². The predicted octanol–water partition coefficient (Wildman–Crippen LogP) is 4.05. The molecule has 2 N–H and O–H groups in total. The van der Waals surface area contributed by atoms with E-state index in [1.807, 2.05) is 0 Å². The highest BCUT2D eigenvalue weighted by molar-refractivity contribution is 6.30. The number of rotatable bonds is 6. The monoisotopic (exact) mass is 379 g/mol. The summed E-state index contributed by atoms with van der Waals surface area (Å²) in [5.41, 5.74) is 1.19. The van der Waals surface area contributed by atoms with Crippen LogP contribution in [0.1, 0.15) is 35.9 Å². The van der Waals surface area contributed by atoms with Crippen LogP contribution < -0.4 is 5.32 Å². The highest BCUT2D eigenvalue weighted by Gasteiger charge is 2.44. The molecule has 1 fully saturated rings. The van der Waals surface area contributed by atoms with Gasteiger partial charge in [-0.3, -0.25) is 9.59 Å². The Kier molecular flexibility index (Phi) is 5.23. The Hall–Kier alpha value is -2.47. The second kappa shape index (κ2) is 7.41. The number of nitrogens with one attached hydrogen (secondary N) is 1. The van der Waals surface area contributed by atoms with Gasteiger partial charge in [-0.25, -0.2) is 8.78 Å². The van der Waals surface area contributed by atoms with Crippen LogP contribution in [0, 0.1) is 17.6 Å². The van der Waals surface area contributed by atoms with Gasteiger partial charge in [0.15, 0.2) is 11.6 Å². The Balaban J connectivity index is 1.69. The number of halogens is 3.